The number of halogens is 14. The van der Waals surface area contributed by atoms with Gasteiger partial charge in [0.1, 0.15) is 0 Å². The number of hydrogen-bond donors (Lipinski definition) is 1. The summed E-state index contributed by atoms with van der Waals surface area (Å²) < 4.78 is 189. The Bertz CT molecular complexity index is 1870. The number of fused-ring (bicyclic) bond motifs is 2. The van der Waals surface area contributed by atoms with Gasteiger partial charge in [-0.25, -0.2) is 0 Å². The monoisotopic (exact) mass is 780 g/mol. The maximum atomic E-state index is 15.1. The molecular formula is C32H19Cl2F12O3P. The molecule has 4 aromatic carbocycles. The van der Waals surface area contributed by atoms with Crippen LogP contribution in [0.4, 0.5) is 52.7 Å². The van der Waals surface area contributed by atoms with Crippen molar-refractivity contribution in [1.29, 1.82) is 0 Å². The summed E-state index contributed by atoms with van der Waals surface area (Å²) in [7, 11) is -6.63. The maximum absolute atomic E-state index is 15.1. The van der Waals surface area contributed by atoms with Gasteiger partial charge in [-0.2, -0.15) is 0 Å². The van der Waals surface area contributed by atoms with Gasteiger partial charge >= 0.3 is 285 Å². The number of hydrogen-bond acceptors (Lipinski definition) is 3. The third-order valence-electron chi connectivity index (χ3n) is 8.98. The molecule has 0 aromatic heterocycles. The van der Waals surface area contributed by atoms with E-state index >= 15 is 26.3 Å². The van der Waals surface area contributed by atoms with Gasteiger partial charge in [-0.15, -0.1) is 0 Å². The summed E-state index contributed by atoms with van der Waals surface area (Å²) in [6.07, 6.45) is -27.2. The Kier molecular flexibility index (Phi) is 8.06. The van der Waals surface area contributed by atoms with Crippen LogP contribution in [0.15, 0.2) is 97.1 Å². The Morgan fingerprint density at radius 2 is 0.960 bits per heavy atom. The van der Waals surface area contributed by atoms with E-state index in [1.807, 2.05) is 0 Å². The van der Waals surface area contributed by atoms with Gasteiger partial charge in [0.25, 0.3) is 0 Å². The van der Waals surface area contributed by atoms with Crippen LogP contribution in [0.25, 0.3) is 0 Å². The average Bonchev–Trinajstić information content (AvgIpc) is 3.30. The Morgan fingerprint density at radius 3 is 1.38 bits per heavy atom. The predicted molar refractivity (Wildman–Crippen MR) is 160 cm³/mol. The van der Waals surface area contributed by atoms with Crippen LogP contribution in [0.2, 0.25) is 10.0 Å². The quantitative estimate of drug-likeness (QED) is 0.166. The van der Waals surface area contributed by atoms with Gasteiger partial charge in [-0.05, 0) is 0 Å². The molecule has 4 aromatic rings. The normalized spacial score (nSPS) is 20.4. The van der Waals surface area contributed by atoms with E-state index in [1.54, 1.807) is 0 Å². The minimum atomic E-state index is -6.63. The molecule has 2 aliphatic rings. The number of benzene rings is 4. The first-order valence-corrected chi connectivity index (χ1v) is 17.1. The van der Waals surface area contributed by atoms with Crippen LogP contribution in [0.3, 0.4) is 0 Å². The van der Waals surface area contributed by atoms with Crippen molar-refractivity contribution in [2.75, 3.05) is 6.16 Å². The zero-order valence-electron chi connectivity index (χ0n) is 24.4. The van der Waals surface area contributed by atoms with Crippen molar-refractivity contribution < 1.29 is 66.8 Å². The molecule has 0 amide bonds. The summed E-state index contributed by atoms with van der Waals surface area (Å²) in [5.74, 6) is 0. The second-order valence-corrected chi connectivity index (χ2v) is 16.5. The zero-order chi connectivity index (χ0) is 37.0. The summed E-state index contributed by atoms with van der Waals surface area (Å²) in [5, 5.41) is 8.31. The fraction of sp³-hybridized carbons (Fsp3) is 0.250. The summed E-state index contributed by atoms with van der Waals surface area (Å²) in [6.45, 7) is 0. The van der Waals surface area contributed by atoms with Gasteiger partial charge in [-0.3, -0.25) is 0 Å². The molecule has 1 N–H and O–H groups in total. The van der Waals surface area contributed by atoms with E-state index in [4.69, 9.17) is 32.2 Å². The van der Waals surface area contributed by atoms with Crippen molar-refractivity contribution in [1.82, 2.24) is 0 Å². The molecule has 3 nitrogen and oxygen atoms in total. The second kappa shape index (κ2) is 11.0. The zero-order valence-corrected chi connectivity index (χ0v) is 26.9. The molecule has 2 aliphatic heterocycles. The molecule has 0 aliphatic carbocycles. The van der Waals surface area contributed by atoms with Crippen LogP contribution in [-0.4, -0.2) is 36.0 Å². The molecule has 0 bridgehead atoms. The molecule has 18 heteroatoms. The van der Waals surface area contributed by atoms with E-state index in [0.29, 0.717) is 24.3 Å². The molecule has 0 atom stereocenters. The fourth-order valence-electron chi connectivity index (χ4n) is 6.88. The topological polar surface area (TPSA) is 38.7 Å². The fourth-order valence-corrected chi connectivity index (χ4v) is 13.4. The Hall–Kier alpha value is -3.07. The van der Waals surface area contributed by atoms with Crippen molar-refractivity contribution in [3.8, 4) is 0 Å². The van der Waals surface area contributed by atoms with Crippen molar-refractivity contribution in [2.24, 2.45) is 0 Å². The first kappa shape index (κ1) is 36.7. The van der Waals surface area contributed by atoms with E-state index in [1.165, 1.54) is 48.5 Å². The van der Waals surface area contributed by atoms with Crippen LogP contribution >= 0.6 is 30.3 Å². The molecule has 2 heterocycles. The molecule has 268 valence electrons. The van der Waals surface area contributed by atoms with E-state index < -0.39 is 76.5 Å². The number of aliphatic hydroxyl groups is 1. The average molecular weight is 781 g/mol. The van der Waals surface area contributed by atoms with Crippen molar-refractivity contribution >= 4 is 40.9 Å². The summed E-state index contributed by atoms with van der Waals surface area (Å²) in [4.78, 5) is 0. The first-order valence-electron chi connectivity index (χ1n) is 14.1. The Labute approximate surface area is 284 Å². The van der Waals surface area contributed by atoms with Crippen molar-refractivity contribution in [3.63, 3.8) is 0 Å². The standard InChI is InChI=1S/C32H19Cl2F12O3P/c33-20-13-9-18(10-14-20)26(19-11-15-21(34)16-12-19)17-50(48-26,24-7-3-1-5-22(24)27(47,29(35,36)37)30(38,39)40)25-8-4-2-6-23(25)28(49-50,31(41,42)43)32(44,45)46/h1-16,47H,17H2. The molecule has 0 unspecified atom stereocenters. The van der Waals surface area contributed by atoms with Gasteiger partial charge in [-0.1, -0.05) is 0 Å². The molecule has 1 saturated heterocycles. The van der Waals surface area contributed by atoms with Crippen LogP contribution in [0.1, 0.15) is 22.3 Å². The first-order chi connectivity index (χ1) is 22.9. The summed E-state index contributed by atoms with van der Waals surface area (Å²) >= 11 is 12.1. The third-order valence-corrected chi connectivity index (χ3v) is 14.6. The molecular weight excluding hydrogens is 762 g/mol. The third kappa shape index (κ3) is 4.69. The minimum absolute atomic E-state index is 0.0172. The predicted octanol–water partition coefficient (Wildman–Crippen LogP) is 9.96. The Morgan fingerprint density at radius 1 is 0.560 bits per heavy atom. The van der Waals surface area contributed by atoms with Crippen LogP contribution in [0, 0.1) is 0 Å². The van der Waals surface area contributed by atoms with Gasteiger partial charge < -0.3 is 0 Å². The van der Waals surface area contributed by atoms with E-state index in [0.717, 1.165) is 18.2 Å². The van der Waals surface area contributed by atoms with Crippen molar-refractivity contribution in [3.05, 3.63) is 129 Å². The molecule has 6 rings (SSSR count). The van der Waals surface area contributed by atoms with E-state index in [2.05, 4.69) is 0 Å². The van der Waals surface area contributed by atoms with Gasteiger partial charge in [0.05, 0.1) is 0 Å². The van der Waals surface area contributed by atoms with E-state index in [-0.39, 0.29) is 27.2 Å². The van der Waals surface area contributed by atoms with Crippen LogP contribution < -0.4 is 10.6 Å². The summed E-state index contributed by atoms with van der Waals surface area (Å²) in [5.41, 5.74) is -17.2. The van der Waals surface area contributed by atoms with Crippen LogP contribution in [-0.2, 0) is 25.9 Å². The second-order valence-electron chi connectivity index (χ2n) is 11.7. The van der Waals surface area contributed by atoms with E-state index in [9.17, 15) is 31.4 Å². The summed E-state index contributed by atoms with van der Waals surface area (Å²) in [6, 6.07) is 14.8. The van der Waals surface area contributed by atoms with Gasteiger partial charge in [0.15, 0.2) is 0 Å². The molecule has 1 spiro atoms. The number of rotatable bonds is 4. The van der Waals surface area contributed by atoms with Gasteiger partial charge in [0, 0.05) is 0 Å². The molecule has 50 heavy (non-hydrogen) atoms. The molecule has 1 fully saturated rings. The van der Waals surface area contributed by atoms with Crippen molar-refractivity contribution in [2.45, 2.75) is 41.5 Å². The SMILES string of the molecule is OC(c1ccccc1P12(CC(c3ccc(Cl)cc3)(c3ccc(Cl)cc3)O1)OC(C(F)(F)F)(C(F)(F)F)c1ccccc12)(C(F)(F)F)C(F)(F)F. The van der Waals surface area contributed by atoms with Gasteiger partial charge in [0.2, 0.25) is 0 Å². The number of alkyl halides is 12. The molecule has 0 saturated carbocycles. The van der Waals surface area contributed by atoms with Crippen LogP contribution in [0.5, 0.6) is 0 Å². The molecule has 0 radical (unpaired) electrons. The Balaban J connectivity index is 1.81.